The summed E-state index contributed by atoms with van der Waals surface area (Å²) in [5, 5.41) is 3.32. The van der Waals surface area contributed by atoms with Crippen LogP contribution in [0.4, 0.5) is 0 Å². The Labute approximate surface area is 84.5 Å². The van der Waals surface area contributed by atoms with Gasteiger partial charge >= 0.3 is 0 Å². The number of nitrogens with one attached hydrogen (secondary N) is 1. The van der Waals surface area contributed by atoms with Gasteiger partial charge in [0.2, 0.25) is 5.88 Å². The fraction of sp³-hybridized carbons (Fsp3) is 0.545. The van der Waals surface area contributed by atoms with E-state index in [0.717, 1.165) is 25.6 Å². The summed E-state index contributed by atoms with van der Waals surface area (Å²) in [5.41, 5.74) is 1.17. The third-order valence-corrected chi connectivity index (χ3v) is 2.51. The van der Waals surface area contributed by atoms with Gasteiger partial charge in [0.05, 0.1) is 6.61 Å². The van der Waals surface area contributed by atoms with E-state index in [-0.39, 0.29) is 0 Å². The van der Waals surface area contributed by atoms with E-state index in [0.29, 0.717) is 5.92 Å². The second kappa shape index (κ2) is 4.42. The number of pyridine rings is 1. The van der Waals surface area contributed by atoms with Crippen molar-refractivity contribution >= 4 is 0 Å². The zero-order chi connectivity index (χ0) is 9.80. The summed E-state index contributed by atoms with van der Waals surface area (Å²) in [4.78, 5) is 4.20. The van der Waals surface area contributed by atoms with Crippen molar-refractivity contribution in [2.45, 2.75) is 13.3 Å². The molecule has 2 rings (SSSR count). The SMILES string of the molecule is Cc1ccc(OCC2CCNC2)nc1. The molecule has 0 spiro atoms. The molecule has 0 amide bonds. The Morgan fingerprint density at radius 2 is 2.50 bits per heavy atom. The summed E-state index contributed by atoms with van der Waals surface area (Å²) in [6.07, 6.45) is 3.05. The van der Waals surface area contributed by atoms with E-state index < -0.39 is 0 Å². The predicted octanol–water partition coefficient (Wildman–Crippen LogP) is 1.38. The first-order valence-corrected chi connectivity index (χ1v) is 5.11. The van der Waals surface area contributed by atoms with Crippen molar-refractivity contribution in [3.05, 3.63) is 23.9 Å². The quantitative estimate of drug-likeness (QED) is 0.785. The summed E-state index contributed by atoms with van der Waals surface area (Å²) in [7, 11) is 0. The van der Waals surface area contributed by atoms with Crippen LogP contribution in [0.25, 0.3) is 0 Å². The van der Waals surface area contributed by atoms with Crippen LogP contribution in [0.5, 0.6) is 5.88 Å². The van der Waals surface area contributed by atoms with Gasteiger partial charge in [0.25, 0.3) is 0 Å². The minimum Gasteiger partial charge on any atom is -0.477 e. The molecule has 2 heterocycles. The zero-order valence-corrected chi connectivity index (χ0v) is 8.49. The van der Waals surface area contributed by atoms with Gasteiger partial charge in [0.15, 0.2) is 0 Å². The van der Waals surface area contributed by atoms with E-state index in [4.69, 9.17) is 4.74 Å². The van der Waals surface area contributed by atoms with Gasteiger partial charge in [-0.15, -0.1) is 0 Å². The van der Waals surface area contributed by atoms with E-state index >= 15 is 0 Å². The number of nitrogens with zero attached hydrogens (tertiary/aromatic N) is 1. The Morgan fingerprint density at radius 1 is 1.57 bits per heavy atom. The van der Waals surface area contributed by atoms with Crippen molar-refractivity contribution in [1.82, 2.24) is 10.3 Å². The van der Waals surface area contributed by atoms with Gasteiger partial charge in [-0.3, -0.25) is 0 Å². The molecule has 3 heteroatoms. The lowest BCUT2D eigenvalue weighted by atomic mass is 10.1. The zero-order valence-electron chi connectivity index (χ0n) is 8.49. The molecule has 1 fully saturated rings. The highest BCUT2D eigenvalue weighted by Crippen LogP contribution is 2.11. The number of hydrogen-bond acceptors (Lipinski definition) is 3. The molecular weight excluding hydrogens is 176 g/mol. The summed E-state index contributed by atoms with van der Waals surface area (Å²) in [6, 6.07) is 3.95. The van der Waals surface area contributed by atoms with Crippen molar-refractivity contribution in [2.24, 2.45) is 5.92 Å². The minimum atomic E-state index is 0.651. The van der Waals surface area contributed by atoms with Crippen LogP contribution in [0, 0.1) is 12.8 Å². The van der Waals surface area contributed by atoms with Crippen LogP contribution in [0.1, 0.15) is 12.0 Å². The number of aromatic nitrogens is 1. The lowest BCUT2D eigenvalue weighted by molar-refractivity contribution is 0.251. The summed E-state index contributed by atoms with van der Waals surface area (Å²) >= 11 is 0. The third kappa shape index (κ3) is 2.45. The van der Waals surface area contributed by atoms with E-state index in [9.17, 15) is 0 Å². The van der Waals surface area contributed by atoms with Crippen LogP contribution in [0.3, 0.4) is 0 Å². The molecule has 1 aliphatic heterocycles. The van der Waals surface area contributed by atoms with E-state index in [1.807, 2.05) is 25.3 Å². The molecule has 0 saturated carbocycles. The Balaban J connectivity index is 1.82. The molecule has 0 aromatic carbocycles. The van der Waals surface area contributed by atoms with Crippen molar-refractivity contribution in [3.63, 3.8) is 0 Å². The number of rotatable bonds is 3. The van der Waals surface area contributed by atoms with Crippen molar-refractivity contribution in [3.8, 4) is 5.88 Å². The lowest BCUT2D eigenvalue weighted by Gasteiger charge is -2.09. The normalized spacial score (nSPS) is 21.1. The maximum atomic E-state index is 5.59. The Kier molecular flexibility index (Phi) is 2.99. The first-order valence-electron chi connectivity index (χ1n) is 5.11. The van der Waals surface area contributed by atoms with Crippen molar-refractivity contribution in [2.75, 3.05) is 19.7 Å². The van der Waals surface area contributed by atoms with Crippen LogP contribution in [-0.2, 0) is 0 Å². The Bertz CT molecular complexity index is 278. The van der Waals surface area contributed by atoms with Gasteiger partial charge in [-0.1, -0.05) is 6.07 Å². The van der Waals surface area contributed by atoms with Gasteiger partial charge in [0, 0.05) is 24.7 Å². The van der Waals surface area contributed by atoms with Crippen LogP contribution in [-0.4, -0.2) is 24.7 Å². The molecule has 1 aromatic heterocycles. The second-order valence-electron chi connectivity index (χ2n) is 3.84. The predicted molar refractivity (Wildman–Crippen MR) is 55.4 cm³/mol. The van der Waals surface area contributed by atoms with E-state index in [2.05, 4.69) is 10.3 Å². The summed E-state index contributed by atoms with van der Waals surface area (Å²) < 4.78 is 5.59. The topological polar surface area (TPSA) is 34.1 Å². The highest BCUT2D eigenvalue weighted by molar-refractivity contribution is 5.16. The first-order chi connectivity index (χ1) is 6.84. The van der Waals surface area contributed by atoms with Crippen LogP contribution in [0.2, 0.25) is 0 Å². The molecule has 76 valence electrons. The molecule has 0 radical (unpaired) electrons. The van der Waals surface area contributed by atoms with Crippen molar-refractivity contribution < 1.29 is 4.74 Å². The number of hydrogen-bond donors (Lipinski definition) is 1. The number of ether oxygens (including phenoxy) is 1. The highest BCUT2D eigenvalue weighted by atomic mass is 16.5. The minimum absolute atomic E-state index is 0.651. The fourth-order valence-corrected chi connectivity index (χ4v) is 1.60. The molecule has 0 bridgehead atoms. The molecule has 1 aliphatic rings. The maximum Gasteiger partial charge on any atom is 0.213 e. The maximum absolute atomic E-state index is 5.59. The monoisotopic (exact) mass is 192 g/mol. The Hall–Kier alpha value is -1.09. The average Bonchev–Trinajstić information content (AvgIpc) is 2.70. The molecule has 1 atom stereocenters. The van der Waals surface area contributed by atoms with Gasteiger partial charge in [-0.05, 0) is 25.5 Å². The fourth-order valence-electron chi connectivity index (χ4n) is 1.60. The van der Waals surface area contributed by atoms with E-state index in [1.165, 1.54) is 12.0 Å². The van der Waals surface area contributed by atoms with Crippen molar-refractivity contribution in [1.29, 1.82) is 0 Å². The van der Waals surface area contributed by atoms with Gasteiger partial charge in [-0.25, -0.2) is 4.98 Å². The van der Waals surface area contributed by atoms with Gasteiger partial charge in [-0.2, -0.15) is 0 Å². The lowest BCUT2D eigenvalue weighted by Crippen LogP contribution is -2.15. The average molecular weight is 192 g/mol. The molecule has 14 heavy (non-hydrogen) atoms. The third-order valence-electron chi connectivity index (χ3n) is 2.51. The second-order valence-corrected chi connectivity index (χ2v) is 3.84. The summed E-state index contributed by atoms with van der Waals surface area (Å²) in [6.45, 7) is 5.00. The first kappa shape index (κ1) is 9.46. The van der Waals surface area contributed by atoms with Crippen LogP contribution >= 0.6 is 0 Å². The molecule has 0 aliphatic carbocycles. The molecule has 1 aromatic rings. The van der Waals surface area contributed by atoms with Crippen LogP contribution in [0.15, 0.2) is 18.3 Å². The molecular formula is C11H16N2O. The van der Waals surface area contributed by atoms with Gasteiger partial charge in [0.1, 0.15) is 0 Å². The Morgan fingerprint density at radius 3 is 3.14 bits per heavy atom. The molecule has 3 nitrogen and oxygen atoms in total. The highest BCUT2D eigenvalue weighted by Gasteiger charge is 2.14. The smallest absolute Gasteiger partial charge is 0.213 e. The summed E-state index contributed by atoms with van der Waals surface area (Å²) in [5.74, 6) is 1.39. The molecule has 1 N–H and O–H groups in total. The molecule has 1 unspecified atom stereocenters. The standard InChI is InChI=1S/C11H16N2O/c1-9-2-3-11(13-6-9)14-8-10-4-5-12-7-10/h2-3,6,10,12H,4-5,7-8H2,1H3. The largest absolute Gasteiger partial charge is 0.477 e. The van der Waals surface area contributed by atoms with Gasteiger partial charge < -0.3 is 10.1 Å². The number of aryl methyl sites for hydroxylation is 1. The molecule has 1 saturated heterocycles. The van der Waals surface area contributed by atoms with E-state index in [1.54, 1.807) is 0 Å². The van der Waals surface area contributed by atoms with Crippen LogP contribution < -0.4 is 10.1 Å².